The summed E-state index contributed by atoms with van der Waals surface area (Å²) in [5, 5.41) is 9.69. The minimum absolute atomic E-state index is 0.0227. The van der Waals surface area contributed by atoms with Crippen LogP contribution in [0.5, 0.6) is 0 Å². The molecule has 1 nitrogen and oxygen atoms in total. The smallest absolute Gasteiger partial charge is 0.123 e. The first kappa shape index (κ1) is 9.93. The summed E-state index contributed by atoms with van der Waals surface area (Å²) in [7, 11) is 0. The van der Waals surface area contributed by atoms with Crippen molar-refractivity contribution in [1.29, 1.82) is 0 Å². The van der Waals surface area contributed by atoms with Crippen molar-refractivity contribution in [3.63, 3.8) is 0 Å². The van der Waals surface area contributed by atoms with Gasteiger partial charge in [0.25, 0.3) is 0 Å². The summed E-state index contributed by atoms with van der Waals surface area (Å²) in [6.45, 7) is 5.45. The van der Waals surface area contributed by atoms with E-state index in [0.29, 0.717) is 5.56 Å². The molecule has 1 N–H and O–H groups in total. The molecule has 1 rings (SSSR count). The lowest BCUT2D eigenvalue weighted by atomic mass is 9.98. The molecule has 0 aliphatic heterocycles. The van der Waals surface area contributed by atoms with Gasteiger partial charge in [-0.15, -0.1) is 6.58 Å². The third-order valence-electron chi connectivity index (χ3n) is 2.08. The van der Waals surface area contributed by atoms with Crippen molar-refractivity contribution in [2.24, 2.45) is 5.92 Å². The SMILES string of the molecule is C=CC(C)C(O)c1ccc(F)cc1. The summed E-state index contributed by atoms with van der Waals surface area (Å²) in [6, 6.07) is 5.85. The lowest BCUT2D eigenvalue weighted by Crippen LogP contribution is -2.06. The number of hydrogen-bond donors (Lipinski definition) is 1. The van der Waals surface area contributed by atoms with Crippen molar-refractivity contribution >= 4 is 0 Å². The second-order valence-corrected chi connectivity index (χ2v) is 3.09. The van der Waals surface area contributed by atoms with Gasteiger partial charge < -0.3 is 5.11 Å². The summed E-state index contributed by atoms with van der Waals surface area (Å²) in [5.41, 5.74) is 0.716. The van der Waals surface area contributed by atoms with Crippen LogP contribution < -0.4 is 0 Å². The van der Waals surface area contributed by atoms with Crippen molar-refractivity contribution in [2.45, 2.75) is 13.0 Å². The number of aliphatic hydroxyl groups is 1. The van der Waals surface area contributed by atoms with E-state index in [4.69, 9.17) is 0 Å². The van der Waals surface area contributed by atoms with Crippen LogP contribution in [0.1, 0.15) is 18.6 Å². The van der Waals surface area contributed by atoms with Crippen LogP contribution in [0, 0.1) is 11.7 Å². The summed E-state index contributed by atoms with van der Waals surface area (Å²) in [5.74, 6) is -0.312. The van der Waals surface area contributed by atoms with E-state index in [-0.39, 0.29) is 11.7 Å². The Morgan fingerprint density at radius 3 is 2.38 bits per heavy atom. The van der Waals surface area contributed by atoms with Gasteiger partial charge in [0.15, 0.2) is 0 Å². The Morgan fingerprint density at radius 2 is 1.92 bits per heavy atom. The van der Waals surface area contributed by atoms with E-state index in [2.05, 4.69) is 6.58 Å². The lowest BCUT2D eigenvalue weighted by molar-refractivity contribution is 0.140. The highest BCUT2D eigenvalue weighted by atomic mass is 19.1. The molecule has 0 fully saturated rings. The van der Waals surface area contributed by atoms with Crippen molar-refractivity contribution in [1.82, 2.24) is 0 Å². The minimum atomic E-state index is -0.599. The molecular weight excluding hydrogens is 167 g/mol. The van der Waals surface area contributed by atoms with E-state index in [1.54, 1.807) is 18.2 Å². The monoisotopic (exact) mass is 180 g/mol. The fourth-order valence-corrected chi connectivity index (χ4v) is 1.09. The third kappa shape index (κ3) is 2.39. The molecule has 70 valence electrons. The highest BCUT2D eigenvalue weighted by Crippen LogP contribution is 2.22. The van der Waals surface area contributed by atoms with Gasteiger partial charge in [0.1, 0.15) is 5.82 Å². The lowest BCUT2D eigenvalue weighted by Gasteiger charge is -2.15. The molecule has 0 aliphatic rings. The molecular formula is C11H13FO. The summed E-state index contributed by atoms with van der Waals surface area (Å²) < 4.78 is 12.5. The fraction of sp³-hybridized carbons (Fsp3) is 0.273. The molecule has 1 aromatic rings. The van der Waals surface area contributed by atoms with Crippen molar-refractivity contribution in [2.75, 3.05) is 0 Å². The quantitative estimate of drug-likeness (QED) is 0.709. The normalized spacial score (nSPS) is 15.0. The Kier molecular flexibility index (Phi) is 3.20. The van der Waals surface area contributed by atoms with Crippen LogP contribution >= 0.6 is 0 Å². The van der Waals surface area contributed by atoms with Crippen LogP contribution in [0.2, 0.25) is 0 Å². The first-order chi connectivity index (χ1) is 6.15. The predicted octanol–water partition coefficient (Wildman–Crippen LogP) is 2.68. The van der Waals surface area contributed by atoms with E-state index >= 15 is 0 Å². The molecule has 0 saturated carbocycles. The molecule has 0 spiro atoms. The molecule has 1 aromatic carbocycles. The van der Waals surface area contributed by atoms with Crippen LogP contribution in [-0.2, 0) is 0 Å². The maximum absolute atomic E-state index is 12.5. The number of benzene rings is 1. The topological polar surface area (TPSA) is 20.2 Å². The van der Waals surface area contributed by atoms with Gasteiger partial charge >= 0.3 is 0 Å². The second kappa shape index (κ2) is 4.19. The Morgan fingerprint density at radius 1 is 1.38 bits per heavy atom. The standard InChI is InChI=1S/C11H13FO/c1-3-8(2)11(13)9-4-6-10(12)7-5-9/h3-8,11,13H,1H2,2H3. The highest BCUT2D eigenvalue weighted by Gasteiger charge is 2.12. The van der Waals surface area contributed by atoms with E-state index in [0.717, 1.165) is 0 Å². The molecule has 2 atom stereocenters. The number of halogens is 1. The summed E-state index contributed by atoms with van der Waals surface area (Å²) in [4.78, 5) is 0. The molecule has 0 heterocycles. The average molecular weight is 180 g/mol. The maximum Gasteiger partial charge on any atom is 0.123 e. The Bertz CT molecular complexity index is 279. The molecule has 0 saturated heterocycles. The molecule has 13 heavy (non-hydrogen) atoms. The van der Waals surface area contributed by atoms with Gasteiger partial charge in [-0.05, 0) is 17.7 Å². The summed E-state index contributed by atoms with van der Waals surface area (Å²) in [6.07, 6.45) is 1.08. The predicted molar refractivity (Wildman–Crippen MR) is 50.7 cm³/mol. The number of hydrogen-bond acceptors (Lipinski definition) is 1. The fourth-order valence-electron chi connectivity index (χ4n) is 1.09. The van der Waals surface area contributed by atoms with Crippen molar-refractivity contribution in [3.05, 3.63) is 48.3 Å². The third-order valence-corrected chi connectivity index (χ3v) is 2.08. The molecule has 0 aromatic heterocycles. The molecule has 0 bridgehead atoms. The second-order valence-electron chi connectivity index (χ2n) is 3.09. The van der Waals surface area contributed by atoms with E-state index < -0.39 is 6.10 Å². The van der Waals surface area contributed by atoms with Gasteiger partial charge in [-0.25, -0.2) is 4.39 Å². The van der Waals surface area contributed by atoms with Crippen molar-refractivity contribution < 1.29 is 9.50 Å². The maximum atomic E-state index is 12.5. The van der Waals surface area contributed by atoms with Gasteiger partial charge in [-0.3, -0.25) is 0 Å². The van der Waals surface area contributed by atoms with Crippen LogP contribution in [0.25, 0.3) is 0 Å². The first-order valence-corrected chi connectivity index (χ1v) is 4.21. The van der Waals surface area contributed by atoms with Gasteiger partial charge in [0.05, 0.1) is 6.10 Å². The van der Waals surface area contributed by atoms with Crippen LogP contribution in [0.15, 0.2) is 36.9 Å². The molecule has 0 amide bonds. The zero-order valence-electron chi connectivity index (χ0n) is 7.57. The van der Waals surface area contributed by atoms with Gasteiger partial charge in [-0.1, -0.05) is 25.1 Å². The first-order valence-electron chi connectivity index (χ1n) is 4.21. The molecule has 2 unspecified atom stereocenters. The Hall–Kier alpha value is -1.15. The summed E-state index contributed by atoms with van der Waals surface area (Å²) >= 11 is 0. The average Bonchev–Trinajstić information content (AvgIpc) is 2.17. The van der Waals surface area contributed by atoms with Crippen LogP contribution in [0.3, 0.4) is 0 Å². The van der Waals surface area contributed by atoms with Crippen molar-refractivity contribution in [3.8, 4) is 0 Å². The van der Waals surface area contributed by atoms with E-state index in [9.17, 15) is 9.50 Å². The molecule has 0 radical (unpaired) electrons. The zero-order chi connectivity index (χ0) is 9.84. The Balaban J connectivity index is 2.82. The Labute approximate surface area is 77.5 Å². The van der Waals surface area contributed by atoms with Crippen LogP contribution in [-0.4, -0.2) is 5.11 Å². The number of rotatable bonds is 3. The number of aliphatic hydroxyl groups excluding tert-OH is 1. The van der Waals surface area contributed by atoms with Gasteiger partial charge in [0.2, 0.25) is 0 Å². The van der Waals surface area contributed by atoms with E-state index in [1.165, 1.54) is 12.1 Å². The highest BCUT2D eigenvalue weighted by molar-refractivity contribution is 5.19. The van der Waals surface area contributed by atoms with Crippen LogP contribution in [0.4, 0.5) is 4.39 Å². The minimum Gasteiger partial charge on any atom is -0.388 e. The molecule has 2 heteroatoms. The largest absolute Gasteiger partial charge is 0.388 e. The molecule has 0 aliphatic carbocycles. The van der Waals surface area contributed by atoms with E-state index in [1.807, 2.05) is 6.92 Å². The zero-order valence-corrected chi connectivity index (χ0v) is 7.57. The van der Waals surface area contributed by atoms with Gasteiger partial charge in [0, 0.05) is 5.92 Å². The van der Waals surface area contributed by atoms with Gasteiger partial charge in [-0.2, -0.15) is 0 Å².